The van der Waals surface area contributed by atoms with Crippen LogP contribution in [-0.2, 0) is 16.1 Å². The molecule has 0 unspecified atom stereocenters. The van der Waals surface area contributed by atoms with E-state index in [1.807, 2.05) is 36.4 Å². The Morgan fingerprint density at radius 1 is 1.20 bits per heavy atom. The van der Waals surface area contributed by atoms with Gasteiger partial charge in [0.25, 0.3) is 5.91 Å². The molecule has 0 saturated carbocycles. The lowest BCUT2D eigenvalue weighted by Gasteiger charge is -2.38. The lowest BCUT2D eigenvalue weighted by Crippen LogP contribution is -2.53. The fraction of sp³-hybridized carbons (Fsp3) is 0.316. The monoisotopic (exact) mass is 339 g/mol. The average Bonchev–Trinajstić information content (AvgIpc) is 2.61. The maximum atomic E-state index is 12.7. The van der Waals surface area contributed by atoms with Gasteiger partial charge in [0, 0.05) is 31.9 Å². The van der Waals surface area contributed by atoms with Gasteiger partial charge < -0.3 is 15.0 Å². The first kappa shape index (κ1) is 17.0. The number of amides is 2. The zero-order valence-corrected chi connectivity index (χ0v) is 14.4. The van der Waals surface area contributed by atoms with Crippen LogP contribution in [0.3, 0.4) is 0 Å². The van der Waals surface area contributed by atoms with E-state index in [1.54, 1.807) is 31.1 Å². The van der Waals surface area contributed by atoms with Crippen molar-refractivity contribution in [3.05, 3.63) is 54.4 Å². The van der Waals surface area contributed by atoms with E-state index in [0.29, 0.717) is 24.5 Å². The zero-order valence-electron chi connectivity index (χ0n) is 14.4. The minimum atomic E-state index is -0.943. The number of ether oxygens (including phenoxy) is 1. The Morgan fingerprint density at radius 3 is 2.68 bits per heavy atom. The molecule has 0 atom stereocenters. The van der Waals surface area contributed by atoms with E-state index < -0.39 is 5.60 Å². The van der Waals surface area contributed by atoms with E-state index in [4.69, 9.17) is 4.74 Å². The Labute approximate surface area is 146 Å². The Morgan fingerprint density at radius 2 is 1.92 bits per heavy atom. The number of carbonyl (C=O) groups excluding carboxylic acids is 2. The largest absolute Gasteiger partial charge is 0.476 e. The molecule has 25 heavy (non-hydrogen) atoms. The molecular formula is C19H21N3O3. The predicted octanol–water partition coefficient (Wildman–Crippen LogP) is 2.29. The van der Waals surface area contributed by atoms with Crippen molar-refractivity contribution in [2.75, 3.05) is 11.4 Å². The molecule has 1 aliphatic heterocycles. The molecule has 0 saturated heterocycles. The van der Waals surface area contributed by atoms with Crippen LogP contribution in [0.2, 0.25) is 0 Å². The SMILES string of the molecule is CC1(C)Oc2ccccc2N(CCC(=O)NCc2ccncc2)C1=O. The number of hydrogen-bond acceptors (Lipinski definition) is 4. The number of nitrogens with zero attached hydrogens (tertiary/aromatic N) is 2. The van der Waals surface area contributed by atoms with E-state index in [2.05, 4.69) is 10.3 Å². The highest BCUT2D eigenvalue weighted by molar-refractivity contribution is 6.02. The Bertz CT molecular complexity index is 774. The molecule has 1 aliphatic rings. The molecule has 3 rings (SSSR count). The number of anilines is 1. The summed E-state index contributed by atoms with van der Waals surface area (Å²) in [5, 5.41) is 2.86. The third kappa shape index (κ3) is 3.79. The first-order chi connectivity index (χ1) is 12.0. The Kier molecular flexibility index (Phi) is 4.70. The van der Waals surface area contributed by atoms with Crippen molar-refractivity contribution in [2.24, 2.45) is 0 Å². The fourth-order valence-corrected chi connectivity index (χ4v) is 2.74. The summed E-state index contributed by atoms with van der Waals surface area (Å²) >= 11 is 0. The topological polar surface area (TPSA) is 71.5 Å². The molecule has 2 aromatic rings. The number of carbonyl (C=O) groups is 2. The molecule has 0 aliphatic carbocycles. The van der Waals surface area contributed by atoms with Crippen LogP contribution in [0.25, 0.3) is 0 Å². The van der Waals surface area contributed by atoms with Crippen LogP contribution >= 0.6 is 0 Å². The van der Waals surface area contributed by atoms with Gasteiger partial charge in [0.15, 0.2) is 5.60 Å². The molecular weight excluding hydrogens is 318 g/mol. The smallest absolute Gasteiger partial charge is 0.270 e. The maximum Gasteiger partial charge on any atom is 0.270 e. The molecule has 1 aromatic heterocycles. The molecule has 130 valence electrons. The van der Waals surface area contributed by atoms with Gasteiger partial charge in [0.05, 0.1) is 5.69 Å². The van der Waals surface area contributed by atoms with Gasteiger partial charge in [-0.05, 0) is 43.7 Å². The van der Waals surface area contributed by atoms with Crippen LogP contribution in [0.4, 0.5) is 5.69 Å². The van der Waals surface area contributed by atoms with Crippen molar-refractivity contribution >= 4 is 17.5 Å². The number of aromatic nitrogens is 1. The van der Waals surface area contributed by atoms with Crippen LogP contribution in [0.15, 0.2) is 48.8 Å². The van der Waals surface area contributed by atoms with Gasteiger partial charge in [-0.15, -0.1) is 0 Å². The van der Waals surface area contributed by atoms with Crippen molar-refractivity contribution in [3.8, 4) is 5.75 Å². The van der Waals surface area contributed by atoms with Crippen LogP contribution in [0, 0.1) is 0 Å². The van der Waals surface area contributed by atoms with Gasteiger partial charge in [0.2, 0.25) is 5.91 Å². The van der Waals surface area contributed by atoms with Gasteiger partial charge in [-0.1, -0.05) is 12.1 Å². The number of rotatable bonds is 5. The van der Waals surface area contributed by atoms with Crippen molar-refractivity contribution in [1.29, 1.82) is 0 Å². The maximum absolute atomic E-state index is 12.7. The molecule has 6 heteroatoms. The lowest BCUT2D eigenvalue weighted by molar-refractivity contribution is -0.132. The highest BCUT2D eigenvalue weighted by Crippen LogP contribution is 2.37. The second kappa shape index (κ2) is 6.93. The van der Waals surface area contributed by atoms with E-state index >= 15 is 0 Å². The number of benzene rings is 1. The summed E-state index contributed by atoms with van der Waals surface area (Å²) in [6, 6.07) is 11.1. The molecule has 0 radical (unpaired) electrons. The Balaban J connectivity index is 1.63. The third-order valence-electron chi connectivity index (χ3n) is 4.08. The van der Waals surface area contributed by atoms with Crippen molar-refractivity contribution in [3.63, 3.8) is 0 Å². The number of hydrogen-bond donors (Lipinski definition) is 1. The fourth-order valence-electron chi connectivity index (χ4n) is 2.74. The Hall–Kier alpha value is -2.89. The molecule has 2 heterocycles. The van der Waals surface area contributed by atoms with Gasteiger partial charge in [0.1, 0.15) is 5.75 Å². The first-order valence-electron chi connectivity index (χ1n) is 8.23. The zero-order chi connectivity index (χ0) is 17.9. The average molecular weight is 339 g/mol. The van der Waals surface area contributed by atoms with Crippen LogP contribution in [0.1, 0.15) is 25.8 Å². The van der Waals surface area contributed by atoms with E-state index in [9.17, 15) is 9.59 Å². The predicted molar refractivity (Wildman–Crippen MR) is 94.2 cm³/mol. The summed E-state index contributed by atoms with van der Waals surface area (Å²) in [7, 11) is 0. The van der Waals surface area contributed by atoms with Gasteiger partial charge in [-0.3, -0.25) is 14.6 Å². The molecule has 0 bridgehead atoms. The van der Waals surface area contributed by atoms with Gasteiger partial charge >= 0.3 is 0 Å². The summed E-state index contributed by atoms with van der Waals surface area (Å²) in [6.07, 6.45) is 3.60. The first-order valence-corrected chi connectivity index (χ1v) is 8.23. The molecule has 0 spiro atoms. The number of para-hydroxylation sites is 2. The van der Waals surface area contributed by atoms with E-state index in [1.165, 1.54) is 0 Å². The highest BCUT2D eigenvalue weighted by atomic mass is 16.5. The normalized spacial score (nSPS) is 15.3. The molecule has 1 N–H and O–H groups in total. The second-order valence-electron chi connectivity index (χ2n) is 6.42. The summed E-state index contributed by atoms with van der Waals surface area (Å²) in [5.41, 5.74) is 0.744. The van der Waals surface area contributed by atoms with Crippen LogP contribution in [-0.4, -0.2) is 28.9 Å². The van der Waals surface area contributed by atoms with Crippen molar-refractivity contribution in [2.45, 2.75) is 32.4 Å². The minimum absolute atomic E-state index is 0.105. The number of pyridine rings is 1. The highest BCUT2D eigenvalue weighted by Gasteiger charge is 2.40. The van der Waals surface area contributed by atoms with Crippen molar-refractivity contribution < 1.29 is 14.3 Å². The third-order valence-corrected chi connectivity index (χ3v) is 4.08. The van der Waals surface area contributed by atoms with E-state index in [-0.39, 0.29) is 18.2 Å². The van der Waals surface area contributed by atoms with Gasteiger partial charge in [-0.25, -0.2) is 0 Å². The summed E-state index contributed by atoms with van der Waals surface area (Å²) in [5.74, 6) is 0.406. The molecule has 1 aromatic carbocycles. The van der Waals surface area contributed by atoms with Crippen LogP contribution in [0.5, 0.6) is 5.75 Å². The lowest BCUT2D eigenvalue weighted by atomic mass is 10.0. The standard InChI is InChI=1S/C19H21N3O3/c1-19(2)18(24)22(15-5-3-4-6-16(15)25-19)12-9-17(23)21-13-14-7-10-20-11-8-14/h3-8,10-11H,9,12-13H2,1-2H3,(H,21,23). The summed E-state index contributed by atoms with van der Waals surface area (Å²) < 4.78 is 5.78. The van der Waals surface area contributed by atoms with Crippen molar-refractivity contribution in [1.82, 2.24) is 10.3 Å². The molecule has 2 amide bonds. The molecule has 6 nitrogen and oxygen atoms in total. The minimum Gasteiger partial charge on any atom is -0.476 e. The number of nitrogens with one attached hydrogen (secondary N) is 1. The summed E-state index contributed by atoms with van der Waals surface area (Å²) in [4.78, 5) is 30.4. The summed E-state index contributed by atoms with van der Waals surface area (Å²) in [6.45, 7) is 4.23. The molecule has 0 fully saturated rings. The van der Waals surface area contributed by atoms with Gasteiger partial charge in [-0.2, -0.15) is 0 Å². The quantitative estimate of drug-likeness (QED) is 0.907. The van der Waals surface area contributed by atoms with E-state index in [0.717, 1.165) is 5.56 Å². The number of fused-ring (bicyclic) bond motifs is 1. The van der Waals surface area contributed by atoms with Crippen LogP contribution < -0.4 is 15.0 Å². The second-order valence-corrected chi connectivity index (χ2v) is 6.42.